The zero-order valence-electron chi connectivity index (χ0n) is 18.7. The van der Waals surface area contributed by atoms with Crippen LogP contribution in [0.15, 0.2) is 53.5 Å². The van der Waals surface area contributed by atoms with Crippen molar-refractivity contribution >= 4 is 41.5 Å². The Hall–Kier alpha value is -2.89. The van der Waals surface area contributed by atoms with Crippen LogP contribution in [0.25, 0.3) is 0 Å². The standard InChI is InChI=1S/C23H29N5O4.HI/c1-32-21-11-7-19(8-12-21)17-26-23(24-13-3-15-27-14-2-4-22(27)29)25-16-18-5-9-20(10-6-18)28(30)31;/h5-12H,2-4,13-17H2,1H3,(H2,24,25,26);1H. The maximum absolute atomic E-state index is 11.8. The van der Waals surface area contributed by atoms with Crippen molar-refractivity contribution in [1.29, 1.82) is 0 Å². The molecule has 1 amide bonds. The summed E-state index contributed by atoms with van der Waals surface area (Å²) < 4.78 is 5.19. The van der Waals surface area contributed by atoms with Gasteiger partial charge in [0.05, 0.1) is 18.6 Å². The molecule has 9 nitrogen and oxygen atoms in total. The normalized spacial score (nSPS) is 13.4. The van der Waals surface area contributed by atoms with E-state index >= 15 is 0 Å². The number of carbonyl (C=O) groups is 1. The Bertz CT molecular complexity index is 935. The van der Waals surface area contributed by atoms with Crippen LogP contribution in [0.4, 0.5) is 5.69 Å². The fourth-order valence-corrected chi connectivity index (χ4v) is 3.41. The molecule has 0 unspecified atom stereocenters. The number of nitro benzene ring substituents is 1. The van der Waals surface area contributed by atoms with Crippen molar-refractivity contribution in [2.75, 3.05) is 26.7 Å². The molecule has 0 bridgehead atoms. The van der Waals surface area contributed by atoms with Crippen molar-refractivity contribution in [2.24, 2.45) is 4.99 Å². The van der Waals surface area contributed by atoms with Crippen molar-refractivity contribution < 1.29 is 14.5 Å². The van der Waals surface area contributed by atoms with Gasteiger partial charge in [-0.2, -0.15) is 0 Å². The number of methoxy groups -OCH3 is 1. The van der Waals surface area contributed by atoms with E-state index in [0.29, 0.717) is 32.0 Å². The molecular formula is C23H30IN5O4. The van der Waals surface area contributed by atoms with E-state index in [2.05, 4.69) is 15.6 Å². The summed E-state index contributed by atoms with van der Waals surface area (Å²) in [5.74, 6) is 1.67. The molecule has 1 aliphatic rings. The second kappa shape index (κ2) is 13.6. The van der Waals surface area contributed by atoms with Crippen LogP contribution in [0.3, 0.4) is 0 Å². The third-order valence-electron chi connectivity index (χ3n) is 5.25. The van der Waals surface area contributed by atoms with E-state index in [1.807, 2.05) is 29.2 Å². The first-order valence-electron chi connectivity index (χ1n) is 10.7. The Balaban J connectivity index is 0.00000385. The number of halogens is 1. The fraction of sp³-hybridized carbons (Fsp3) is 0.391. The molecule has 1 fully saturated rings. The van der Waals surface area contributed by atoms with Gasteiger partial charge in [0.25, 0.3) is 5.69 Å². The summed E-state index contributed by atoms with van der Waals surface area (Å²) >= 11 is 0. The number of ether oxygens (including phenoxy) is 1. The van der Waals surface area contributed by atoms with Gasteiger partial charge in [-0.05, 0) is 36.1 Å². The number of guanidine groups is 1. The lowest BCUT2D eigenvalue weighted by Crippen LogP contribution is -2.38. The topological polar surface area (TPSA) is 109 Å². The maximum atomic E-state index is 11.8. The molecular weight excluding hydrogens is 537 g/mol. The van der Waals surface area contributed by atoms with Gasteiger partial charge >= 0.3 is 0 Å². The van der Waals surface area contributed by atoms with Crippen LogP contribution in [-0.2, 0) is 17.9 Å². The molecule has 1 aliphatic heterocycles. The summed E-state index contributed by atoms with van der Waals surface area (Å²) in [5.41, 5.74) is 2.03. The molecule has 2 N–H and O–H groups in total. The number of amides is 1. The largest absolute Gasteiger partial charge is 0.497 e. The van der Waals surface area contributed by atoms with E-state index in [1.165, 1.54) is 12.1 Å². The third kappa shape index (κ3) is 8.52. The maximum Gasteiger partial charge on any atom is 0.269 e. The minimum absolute atomic E-state index is 0. The highest BCUT2D eigenvalue weighted by molar-refractivity contribution is 14.0. The molecule has 10 heteroatoms. The fourth-order valence-electron chi connectivity index (χ4n) is 3.41. The van der Waals surface area contributed by atoms with Crippen LogP contribution in [0.1, 0.15) is 30.4 Å². The van der Waals surface area contributed by atoms with Crippen LogP contribution in [0.2, 0.25) is 0 Å². The van der Waals surface area contributed by atoms with Gasteiger partial charge in [0.1, 0.15) is 5.75 Å². The van der Waals surface area contributed by atoms with E-state index in [0.717, 1.165) is 42.8 Å². The average Bonchev–Trinajstić information content (AvgIpc) is 3.23. The van der Waals surface area contributed by atoms with Gasteiger partial charge in [0.15, 0.2) is 5.96 Å². The highest BCUT2D eigenvalue weighted by atomic mass is 127. The summed E-state index contributed by atoms with van der Waals surface area (Å²) in [6.07, 6.45) is 2.42. The monoisotopic (exact) mass is 567 g/mol. The average molecular weight is 567 g/mol. The first-order chi connectivity index (χ1) is 15.5. The molecule has 0 atom stereocenters. The number of nitro groups is 1. The zero-order chi connectivity index (χ0) is 22.8. The van der Waals surface area contributed by atoms with Crippen molar-refractivity contribution in [3.05, 3.63) is 69.8 Å². The van der Waals surface area contributed by atoms with Crippen molar-refractivity contribution in [3.8, 4) is 5.75 Å². The molecule has 0 aliphatic carbocycles. The summed E-state index contributed by atoms with van der Waals surface area (Å²) in [6, 6.07) is 14.2. The van der Waals surface area contributed by atoms with Crippen molar-refractivity contribution in [3.63, 3.8) is 0 Å². The second-order valence-corrected chi connectivity index (χ2v) is 7.55. The van der Waals surface area contributed by atoms with E-state index in [-0.39, 0.29) is 35.6 Å². The van der Waals surface area contributed by atoms with E-state index in [9.17, 15) is 14.9 Å². The Kier molecular flexibility index (Phi) is 10.9. The Morgan fingerprint density at radius 1 is 1.12 bits per heavy atom. The van der Waals surface area contributed by atoms with Gasteiger partial charge in [-0.25, -0.2) is 4.99 Å². The molecule has 178 valence electrons. The molecule has 0 saturated carbocycles. The predicted molar refractivity (Wildman–Crippen MR) is 138 cm³/mol. The van der Waals surface area contributed by atoms with Crippen LogP contribution in [0, 0.1) is 10.1 Å². The molecule has 0 radical (unpaired) electrons. The minimum atomic E-state index is -0.411. The quantitative estimate of drug-likeness (QED) is 0.114. The van der Waals surface area contributed by atoms with E-state index in [4.69, 9.17) is 4.74 Å². The number of hydrogen-bond acceptors (Lipinski definition) is 5. The van der Waals surface area contributed by atoms with Crippen molar-refractivity contribution in [2.45, 2.75) is 32.4 Å². The molecule has 0 spiro atoms. The Labute approximate surface area is 210 Å². The van der Waals surface area contributed by atoms with Gasteiger partial charge in [-0.1, -0.05) is 24.3 Å². The van der Waals surface area contributed by atoms with Crippen LogP contribution < -0.4 is 15.4 Å². The number of rotatable bonds is 10. The molecule has 1 heterocycles. The molecule has 0 aromatic heterocycles. The first-order valence-corrected chi connectivity index (χ1v) is 10.7. The summed E-state index contributed by atoms with van der Waals surface area (Å²) in [5, 5.41) is 17.4. The smallest absolute Gasteiger partial charge is 0.269 e. The van der Waals surface area contributed by atoms with Crippen molar-refractivity contribution in [1.82, 2.24) is 15.5 Å². The lowest BCUT2D eigenvalue weighted by Gasteiger charge is -2.17. The highest BCUT2D eigenvalue weighted by Crippen LogP contribution is 2.13. The second-order valence-electron chi connectivity index (χ2n) is 7.55. The summed E-state index contributed by atoms with van der Waals surface area (Å²) in [6.45, 7) is 3.23. The third-order valence-corrected chi connectivity index (χ3v) is 5.25. The summed E-state index contributed by atoms with van der Waals surface area (Å²) in [4.78, 5) is 28.7. The van der Waals surface area contributed by atoms with E-state index in [1.54, 1.807) is 19.2 Å². The van der Waals surface area contributed by atoms with Gasteiger partial charge in [-0.15, -0.1) is 24.0 Å². The number of nitrogens with one attached hydrogen (secondary N) is 2. The first kappa shape index (κ1) is 26.4. The number of benzene rings is 2. The number of carbonyl (C=O) groups excluding carboxylic acids is 1. The van der Waals surface area contributed by atoms with E-state index < -0.39 is 4.92 Å². The molecule has 2 aromatic carbocycles. The lowest BCUT2D eigenvalue weighted by molar-refractivity contribution is -0.384. The predicted octanol–water partition coefficient (Wildman–Crippen LogP) is 3.47. The number of nitrogens with zero attached hydrogens (tertiary/aromatic N) is 3. The van der Waals surface area contributed by atoms with Crippen LogP contribution in [-0.4, -0.2) is 48.4 Å². The van der Waals surface area contributed by atoms with Gasteiger partial charge in [0, 0.05) is 44.7 Å². The lowest BCUT2D eigenvalue weighted by atomic mass is 10.2. The molecule has 2 aromatic rings. The minimum Gasteiger partial charge on any atom is -0.497 e. The van der Waals surface area contributed by atoms with Crippen LogP contribution >= 0.6 is 24.0 Å². The molecule has 3 rings (SSSR count). The molecule has 1 saturated heterocycles. The SMILES string of the molecule is COc1ccc(CN=C(NCCCN2CCCC2=O)NCc2ccc([N+](=O)[O-])cc2)cc1.I. The number of aliphatic imine (C=N–C) groups is 1. The molecule has 33 heavy (non-hydrogen) atoms. The Morgan fingerprint density at radius 2 is 1.82 bits per heavy atom. The Morgan fingerprint density at radius 3 is 2.42 bits per heavy atom. The number of likely N-dealkylation sites (tertiary alicyclic amines) is 1. The van der Waals surface area contributed by atoms with Crippen LogP contribution in [0.5, 0.6) is 5.75 Å². The number of hydrogen-bond donors (Lipinski definition) is 2. The summed E-state index contributed by atoms with van der Waals surface area (Å²) in [7, 11) is 1.63. The highest BCUT2D eigenvalue weighted by Gasteiger charge is 2.18. The van der Waals surface area contributed by atoms with Gasteiger partial charge in [0.2, 0.25) is 5.91 Å². The zero-order valence-corrected chi connectivity index (χ0v) is 21.0. The van der Waals surface area contributed by atoms with Gasteiger partial charge < -0.3 is 20.3 Å². The van der Waals surface area contributed by atoms with Gasteiger partial charge in [-0.3, -0.25) is 14.9 Å². The number of non-ortho nitro benzene ring substituents is 1.